The Labute approximate surface area is 240 Å². The molecule has 1 heterocycles. The van der Waals surface area contributed by atoms with Crippen molar-refractivity contribution in [3.63, 3.8) is 0 Å². The first-order chi connectivity index (χ1) is 18.6. The van der Waals surface area contributed by atoms with Crippen LogP contribution in [0.15, 0.2) is 91.0 Å². The first-order valence-electron chi connectivity index (χ1n) is 11.9. The summed E-state index contributed by atoms with van der Waals surface area (Å²) in [6.07, 6.45) is 1.84. The Morgan fingerprint density at radius 2 is 1.74 bits per heavy atom. The normalized spacial score (nSPS) is 11.4. The van der Waals surface area contributed by atoms with Gasteiger partial charge in [-0.05, 0) is 81.8 Å². The van der Waals surface area contributed by atoms with Gasteiger partial charge in [0.15, 0.2) is 17.3 Å². The lowest BCUT2D eigenvalue weighted by Crippen LogP contribution is -2.04. The van der Waals surface area contributed by atoms with Crippen LogP contribution in [-0.4, -0.2) is 16.7 Å². The quantitative estimate of drug-likeness (QED) is 0.129. The maximum atomic E-state index is 10.2. The lowest BCUT2D eigenvalue weighted by molar-refractivity contribution is 0.282. The molecule has 0 fully saturated rings. The summed E-state index contributed by atoms with van der Waals surface area (Å²) in [5, 5.41) is 10.9. The van der Waals surface area contributed by atoms with Gasteiger partial charge >= 0.3 is 0 Å². The number of hydrogen-bond acceptors (Lipinski definition) is 4. The van der Waals surface area contributed by atoms with Crippen molar-refractivity contribution in [2.24, 2.45) is 0 Å². The molecule has 0 atom stereocenters. The molecule has 0 radical (unpaired) electrons. The summed E-state index contributed by atoms with van der Waals surface area (Å²) in [5.41, 5.74) is 5.24. The summed E-state index contributed by atoms with van der Waals surface area (Å²) < 4.78 is 14.7. The van der Waals surface area contributed by atoms with Gasteiger partial charge in [0, 0.05) is 11.6 Å². The van der Waals surface area contributed by atoms with Crippen molar-refractivity contribution in [3.8, 4) is 17.6 Å². The maximum Gasteiger partial charge on any atom is 0.174 e. The Kier molecular flexibility index (Phi) is 7.97. The molecule has 0 bridgehead atoms. The number of nitriles is 1. The highest BCUT2D eigenvalue weighted by Gasteiger charge is 2.17. The summed E-state index contributed by atoms with van der Waals surface area (Å²) in [6, 6.07) is 31.9. The number of nitrogens with zero attached hydrogens (tertiary/aromatic N) is 3. The van der Waals surface area contributed by atoms with E-state index in [2.05, 4.69) is 45.4 Å². The minimum atomic E-state index is 0.381. The highest BCUT2D eigenvalue weighted by molar-refractivity contribution is 14.1. The zero-order valence-corrected chi connectivity index (χ0v) is 23.5. The van der Waals surface area contributed by atoms with Crippen LogP contribution in [0.25, 0.3) is 22.7 Å². The smallest absolute Gasteiger partial charge is 0.174 e. The second-order valence-electron chi connectivity index (χ2n) is 8.61. The van der Waals surface area contributed by atoms with E-state index in [1.807, 2.05) is 84.9 Å². The summed E-state index contributed by atoms with van der Waals surface area (Å²) >= 11 is 8.22. The van der Waals surface area contributed by atoms with E-state index in [4.69, 9.17) is 26.1 Å². The molecule has 0 N–H and O–H groups in total. The third kappa shape index (κ3) is 5.69. The number of imidazole rings is 1. The lowest BCUT2D eigenvalue weighted by Gasteiger charge is -2.14. The molecule has 0 aliphatic heterocycles. The Morgan fingerprint density at radius 1 is 1.00 bits per heavy atom. The van der Waals surface area contributed by atoms with Crippen LogP contribution < -0.4 is 9.47 Å². The Morgan fingerprint density at radius 3 is 2.47 bits per heavy atom. The van der Waals surface area contributed by atoms with E-state index >= 15 is 0 Å². The third-order valence-corrected chi connectivity index (χ3v) is 7.11. The van der Waals surface area contributed by atoms with Crippen molar-refractivity contribution in [1.29, 1.82) is 5.26 Å². The molecule has 1 aromatic heterocycles. The predicted molar refractivity (Wildman–Crippen MR) is 160 cm³/mol. The number of rotatable bonds is 8. The van der Waals surface area contributed by atoms with Gasteiger partial charge in [-0.25, -0.2) is 4.98 Å². The fraction of sp³-hybridized carbons (Fsp3) is 0.0968. The first-order valence-corrected chi connectivity index (χ1v) is 13.4. The molecule has 4 aromatic carbocycles. The minimum Gasteiger partial charge on any atom is -0.493 e. The van der Waals surface area contributed by atoms with Crippen molar-refractivity contribution >= 4 is 56.9 Å². The highest BCUT2D eigenvalue weighted by atomic mass is 127. The standard InChI is InChI=1S/C31H23ClIN3O2/c1-37-29-17-23(16-26(33)30(29)38-20-22-11-13-25(32)14-12-22)15-24(18-34)31-35-27-9-5-6-10-28(27)36(31)19-21-7-3-2-4-8-21/h2-17H,19-20H2,1H3/b24-15+. The van der Waals surface area contributed by atoms with Crippen LogP contribution in [0.3, 0.4) is 0 Å². The number of methoxy groups -OCH3 is 1. The van der Waals surface area contributed by atoms with Gasteiger partial charge in [0.25, 0.3) is 0 Å². The van der Waals surface area contributed by atoms with E-state index in [0.717, 1.165) is 31.3 Å². The molecule has 0 amide bonds. The molecule has 0 saturated heterocycles. The van der Waals surface area contributed by atoms with E-state index < -0.39 is 0 Å². The predicted octanol–water partition coefficient (Wildman–Crippen LogP) is 7.99. The Bertz CT molecular complexity index is 1660. The average Bonchev–Trinajstić information content (AvgIpc) is 3.30. The van der Waals surface area contributed by atoms with Crippen molar-refractivity contribution in [3.05, 3.63) is 122 Å². The Balaban J connectivity index is 1.51. The number of fused-ring (bicyclic) bond motifs is 1. The molecule has 0 aliphatic carbocycles. The second-order valence-corrected chi connectivity index (χ2v) is 10.2. The Hall–Kier alpha value is -3.80. The average molecular weight is 632 g/mol. The first kappa shape index (κ1) is 25.8. The molecule has 0 saturated carbocycles. The van der Waals surface area contributed by atoms with Crippen molar-refractivity contribution in [2.45, 2.75) is 13.2 Å². The third-order valence-electron chi connectivity index (χ3n) is 6.06. The van der Waals surface area contributed by atoms with Gasteiger partial charge in [-0.2, -0.15) is 5.26 Å². The number of benzene rings is 4. The number of ether oxygens (including phenoxy) is 2. The van der Waals surface area contributed by atoms with Gasteiger partial charge in [-0.1, -0.05) is 66.2 Å². The number of para-hydroxylation sites is 2. The molecule has 0 unspecified atom stereocenters. The molecule has 5 rings (SSSR count). The van der Waals surface area contributed by atoms with Gasteiger partial charge in [-0.15, -0.1) is 0 Å². The number of halogens is 2. The van der Waals surface area contributed by atoms with Crippen LogP contribution in [0.5, 0.6) is 11.5 Å². The van der Waals surface area contributed by atoms with Crippen LogP contribution in [0.1, 0.15) is 22.5 Å². The van der Waals surface area contributed by atoms with E-state index in [-0.39, 0.29) is 0 Å². The van der Waals surface area contributed by atoms with Gasteiger partial charge < -0.3 is 14.0 Å². The van der Waals surface area contributed by atoms with E-state index in [9.17, 15) is 5.26 Å². The summed E-state index contributed by atoms with van der Waals surface area (Å²) in [5.74, 6) is 1.86. The maximum absolute atomic E-state index is 10.2. The monoisotopic (exact) mass is 631 g/mol. The van der Waals surface area contributed by atoms with Gasteiger partial charge in [0.05, 0.1) is 27.3 Å². The van der Waals surface area contributed by atoms with Gasteiger partial charge in [0.2, 0.25) is 0 Å². The molecule has 7 heteroatoms. The minimum absolute atomic E-state index is 0.381. The van der Waals surface area contributed by atoms with Crippen molar-refractivity contribution in [1.82, 2.24) is 9.55 Å². The molecule has 5 aromatic rings. The molecule has 38 heavy (non-hydrogen) atoms. The van der Waals surface area contributed by atoms with Gasteiger partial charge in [-0.3, -0.25) is 0 Å². The van der Waals surface area contributed by atoms with Gasteiger partial charge in [0.1, 0.15) is 12.7 Å². The van der Waals surface area contributed by atoms with Crippen molar-refractivity contribution < 1.29 is 9.47 Å². The molecule has 0 aliphatic rings. The molecule has 5 nitrogen and oxygen atoms in total. The topological polar surface area (TPSA) is 60.1 Å². The van der Waals surface area contributed by atoms with Crippen LogP contribution in [0.4, 0.5) is 0 Å². The van der Waals surface area contributed by atoms with Crippen LogP contribution in [0, 0.1) is 14.9 Å². The lowest BCUT2D eigenvalue weighted by atomic mass is 10.1. The van der Waals surface area contributed by atoms with Crippen LogP contribution in [0.2, 0.25) is 5.02 Å². The summed E-state index contributed by atoms with van der Waals surface area (Å²) in [6.45, 7) is 0.986. The SMILES string of the molecule is COc1cc(/C=C(\C#N)c2nc3ccccc3n2Cc2ccccc2)cc(I)c1OCc1ccc(Cl)cc1. The second kappa shape index (κ2) is 11.7. The fourth-order valence-electron chi connectivity index (χ4n) is 4.22. The number of aromatic nitrogens is 2. The molecule has 0 spiro atoms. The highest BCUT2D eigenvalue weighted by Crippen LogP contribution is 2.36. The van der Waals surface area contributed by atoms with E-state index in [1.54, 1.807) is 7.11 Å². The molecular formula is C31H23ClIN3O2. The number of allylic oxidation sites excluding steroid dienone is 1. The zero-order valence-electron chi connectivity index (χ0n) is 20.6. The summed E-state index contributed by atoms with van der Waals surface area (Å²) in [4.78, 5) is 4.83. The van der Waals surface area contributed by atoms with E-state index in [1.165, 1.54) is 0 Å². The zero-order chi connectivity index (χ0) is 26.5. The molecule has 188 valence electrons. The van der Waals surface area contributed by atoms with Crippen LogP contribution in [-0.2, 0) is 13.2 Å². The van der Waals surface area contributed by atoms with Crippen molar-refractivity contribution in [2.75, 3.05) is 7.11 Å². The number of hydrogen-bond donors (Lipinski definition) is 0. The largest absolute Gasteiger partial charge is 0.493 e. The van der Waals surface area contributed by atoms with Crippen LogP contribution >= 0.6 is 34.2 Å². The van der Waals surface area contributed by atoms with E-state index in [0.29, 0.717) is 41.1 Å². The molecular weight excluding hydrogens is 609 g/mol. The fourth-order valence-corrected chi connectivity index (χ4v) is 5.13. The summed E-state index contributed by atoms with van der Waals surface area (Å²) in [7, 11) is 1.61.